The van der Waals surface area contributed by atoms with Gasteiger partial charge in [0.25, 0.3) is 17.5 Å². The molecule has 0 aliphatic rings. The largest absolute Gasteiger partial charge is 0.399 e. The van der Waals surface area contributed by atoms with Gasteiger partial charge < -0.3 is 16.4 Å². The number of halogens is 2. The van der Waals surface area contributed by atoms with Gasteiger partial charge in [-0.1, -0.05) is 13.8 Å². The number of nitrogen functional groups attached to an aromatic ring is 1. The Morgan fingerprint density at radius 2 is 1.36 bits per heavy atom. The molecule has 0 atom stereocenters. The standard InChI is InChI=1S/C8H7FN2O3.C8H9FN2O.C2H6/c1-10-8(12)6-3-2-5(11(13)14)4-7(6)9;1-11-8(12)6-3-2-5(10)4-7(6)9;1-2/h2-4H,1H3,(H,10,12);2-4H,10H2,1H3,(H,11,12);1-2H3. The van der Waals surface area contributed by atoms with Crippen molar-refractivity contribution in [2.24, 2.45) is 0 Å². The van der Waals surface area contributed by atoms with Crippen molar-refractivity contribution in [3.05, 3.63) is 69.3 Å². The number of nitrogens with one attached hydrogen (secondary N) is 2. The lowest BCUT2D eigenvalue weighted by Crippen LogP contribution is -2.19. The van der Waals surface area contributed by atoms with Gasteiger partial charge in [0, 0.05) is 25.8 Å². The zero-order valence-electron chi connectivity index (χ0n) is 15.9. The third-order valence-corrected chi connectivity index (χ3v) is 3.10. The summed E-state index contributed by atoms with van der Waals surface area (Å²) in [6.07, 6.45) is 0. The van der Waals surface area contributed by atoms with Gasteiger partial charge in [-0.15, -0.1) is 0 Å². The van der Waals surface area contributed by atoms with E-state index in [1.807, 2.05) is 13.8 Å². The van der Waals surface area contributed by atoms with Gasteiger partial charge in [0.15, 0.2) is 0 Å². The van der Waals surface area contributed by atoms with E-state index in [0.29, 0.717) is 11.8 Å². The first-order valence-corrected chi connectivity index (χ1v) is 8.14. The van der Waals surface area contributed by atoms with E-state index in [0.717, 1.165) is 18.2 Å². The maximum Gasteiger partial charge on any atom is 0.272 e. The van der Waals surface area contributed by atoms with Crippen molar-refractivity contribution >= 4 is 23.2 Å². The van der Waals surface area contributed by atoms with Crippen molar-refractivity contribution in [3.8, 4) is 0 Å². The van der Waals surface area contributed by atoms with E-state index >= 15 is 0 Å². The maximum absolute atomic E-state index is 13.1. The van der Waals surface area contributed by atoms with Gasteiger partial charge in [0.2, 0.25) is 0 Å². The van der Waals surface area contributed by atoms with Gasteiger partial charge in [-0.2, -0.15) is 0 Å². The molecule has 0 aliphatic carbocycles. The first kappa shape index (κ1) is 24.4. The summed E-state index contributed by atoms with van der Waals surface area (Å²) >= 11 is 0. The monoisotopic (exact) mass is 396 g/mol. The molecule has 10 heteroatoms. The first-order valence-electron chi connectivity index (χ1n) is 8.14. The number of carbonyl (C=O) groups excluding carboxylic acids is 2. The molecule has 0 aromatic heterocycles. The van der Waals surface area contributed by atoms with Crippen LogP contribution in [0.3, 0.4) is 0 Å². The minimum atomic E-state index is -0.904. The highest BCUT2D eigenvalue weighted by Gasteiger charge is 2.14. The fraction of sp³-hybridized carbons (Fsp3) is 0.222. The smallest absolute Gasteiger partial charge is 0.272 e. The molecule has 8 nitrogen and oxygen atoms in total. The van der Waals surface area contributed by atoms with Crippen molar-refractivity contribution in [1.29, 1.82) is 0 Å². The second kappa shape index (κ2) is 11.9. The predicted molar refractivity (Wildman–Crippen MR) is 102 cm³/mol. The number of nitro groups is 1. The Morgan fingerprint density at radius 1 is 0.929 bits per heavy atom. The van der Waals surface area contributed by atoms with Crippen LogP contribution in [0.4, 0.5) is 20.2 Å². The molecule has 2 aromatic carbocycles. The Balaban J connectivity index is 0.000000483. The van der Waals surface area contributed by atoms with Crippen molar-refractivity contribution in [1.82, 2.24) is 10.6 Å². The second-order valence-electron chi connectivity index (χ2n) is 4.82. The fourth-order valence-electron chi connectivity index (χ4n) is 1.79. The third kappa shape index (κ3) is 6.98. The summed E-state index contributed by atoms with van der Waals surface area (Å²) in [6.45, 7) is 4.00. The lowest BCUT2D eigenvalue weighted by molar-refractivity contribution is -0.385. The molecule has 28 heavy (non-hydrogen) atoms. The molecule has 0 spiro atoms. The zero-order valence-corrected chi connectivity index (χ0v) is 15.9. The fourth-order valence-corrected chi connectivity index (χ4v) is 1.79. The van der Waals surface area contributed by atoms with Crippen LogP contribution in [0.2, 0.25) is 0 Å². The minimum Gasteiger partial charge on any atom is -0.399 e. The van der Waals surface area contributed by atoms with Crippen molar-refractivity contribution in [2.75, 3.05) is 19.8 Å². The van der Waals surface area contributed by atoms with Crippen LogP contribution in [-0.4, -0.2) is 30.8 Å². The molecular weight excluding hydrogens is 374 g/mol. The highest BCUT2D eigenvalue weighted by atomic mass is 19.1. The summed E-state index contributed by atoms with van der Waals surface area (Å²) < 4.78 is 26.0. The van der Waals surface area contributed by atoms with Crippen LogP contribution in [0.15, 0.2) is 36.4 Å². The number of amides is 2. The Bertz CT molecular complexity index is 844. The summed E-state index contributed by atoms with van der Waals surface area (Å²) in [5.41, 5.74) is 5.02. The van der Waals surface area contributed by atoms with Crippen LogP contribution < -0.4 is 16.4 Å². The number of benzene rings is 2. The molecule has 152 valence electrons. The maximum atomic E-state index is 13.1. The van der Waals surface area contributed by atoms with Crippen molar-refractivity contribution in [3.63, 3.8) is 0 Å². The number of non-ortho nitro benzene ring substituents is 1. The van der Waals surface area contributed by atoms with E-state index in [1.54, 1.807) is 0 Å². The van der Waals surface area contributed by atoms with Crippen LogP contribution >= 0.6 is 0 Å². The molecule has 0 radical (unpaired) electrons. The molecule has 4 N–H and O–H groups in total. The number of nitrogens with zero attached hydrogens (tertiary/aromatic N) is 1. The van der Waals surface area contributed by atoms with E-state index in [2.05, 4.69) is 10.6 Å². The number of hydrogen-bond acceptors (Lipinski definition) is 5. The number of rotatable bonds is 3. The molecule has 0 saturated heterocycles. The summed E-state index contributed by atoms with van der Waals surface area (Å²) in [4.78, 5) is 31.5. The molecule has 0 unspecified atom stereocenters. The van der Waals surface area contributed by atoms with Crippen molar-refractivity contribution < 1.29 is 23.3 Å². The van der Waals surface area contributed by atoms with Crippen molar-refractivity contribution in [2.45, 2.75) is 13.8 Å². The Morgan fingerprint density at radius 3 is 1.71 bits per heavy atom. The SMILES string of the molecule is CC.CNC(=O)c1ccc(N)cc1F.CNC(=O)c1ccc([N+](=O)[O-])cc1F. The Kier molecular flexibility index (Phi) is 10.4. The molecule has 0 bridgehead atoms. The van der Waals surface area contributed by atoms with Gasteiger partial charge >= 0.3 is 0 Å². The number of hydrogen-bond donors (Lipinski definition) is 3. The molecular formula is C18H22F2N4O4. The average molecular weight is 396 g/mol. The molecule has 2 amide bonds. The lowest BCUT2D eigenvalue weighted by atomic mass is 10.2. The highest BCUT2D eigenvalue weighted by Crippen LogP contribution is 2.16. The van der Waals surface area contributed by atoms with E-state index in [-0.39, 0.29) is 16.8 Å². The quantitative estimate of drug-likeness (QED) is 0.418. The first-order chi connectivity index (χ1) is 13.2. The van der Waals surface area contributed by atoms with Crippen LogP contribution in [0.1, 0.15) is 34.6 Å². The zero-order chi connectivity index (χ0) is 21.9. The molecule has 0 saturated carbocycles. The van der Waals surface area contributed by atoms with E-state index < -0.39 is 28.4 Å². The molecule has 0 aliphatic heterocycles. The van der Waals surface area contributed by atoms with Gasteiger partial charge in [-0.05, 0) is 24.3 Å². The van der Waals surface area contributed by atoms with Crippen LogP contribution in [0, 0.1) is 21.7 Å². The van der Waals surface area contributed by atoms with E-state index in [9.17, 15) is 28.5 Å². The number of nitro benzene ring substituents is 1. The van der Waals surface area contributed by atoms with Crippen LogP contribution in [-0.2, 0) is 0 Å². The molecule has 2 aromatic rings. The summed E-state index contributed by atoms with van der Waals surface area (Å²) in [7, 11) is 2.79. The lowest BCUT2D eigenvalue weighted by Gasteiger charge is -2.01. The van der Waals surface area contributed by atoms with Gasteiger partial charge in [0.05, 0.1) is 22.1 Å². The normalized spacial score (nSPS) is 9.07. The number of carbonyl (C=O) groups is 2. The minimum absolute atomic E-state index is 0.00620. The summed E-state index contributed by atoms with van der Waals surface area (Å²) in [5, 5.41) is 14.8. The third-order valence-electron chi connectivity index (χ3n) is 3.10. The van der Waals surface area contributed by atoms with E-state index in [1.165, 1.54) is 26.2 Å². The van der Waals surface area contributed by atoms with Crippen LogP contribution in [0.5, 0.6) is 0 Å². The molecule has 2 rings (SSSR count). The Hall–Kier alpha value is -3.56. The molecule has 0 heterocycles. The van der Waals surface area contributed by atoms with E-state index in [4.69, 9.17) is 5.73 Å². The second-order valence-corrected chi connectivity index (χ2v) is 4.82. The number of anilines is 1. The van der Waals surface area contributed by atoms with Gasteiger partial charge in [-0.3, -0.25) is 19.7 Å². The number of nitrogens with two attached hydrogens (primary N) is 1. The summed E-state index contributed by atoms with van der Waals surface area (Å²) in [5.74, 6) is -2.57. The van der Waals surface area contributed by atoms with Gasteiger partial charge in [0.1, 0.15) is 11.6 Å². The average Bonchev–Trinajstić information content (AvgIpc) is 2.68. The summed E-state index contributed by atoms with van der Waals surface area (Å²) in [6, 6.07) is 6.81. The molecule has 0 fully saturated rings. The highest BCUT2D eigenvalue weighted by molar-refractivity contribution is 5.95. The van der Waals surface area contributed by atoms with Gasteiger partial charge in [-0.25, -0.2) is 8.78 Å². The topological polar surface area (TPSA) is 127 Å². The predicted octanol–water partition coefficient (Wildman–Crippen LogP) is 2.89. The Labute approximate surface area is 160 Å². The van der Waals surface area contributed by atoms with Crippen LogP contribution in [0.25, 0.3) is 0 Å².